The van der Waals surface area contributed by atoms with Crippen molar-refractivity contribution in [1.82, 2.24) is 0 Å². The monoisotopic (exact) mass is 387 g/mol. The standard InChI is InChI=1S/C18H14BrNO2S/c1-11-4-3-5-15(10-11)20-17(21)16(23-18(20)22)12(2)13-6-8-14(19)9-7-13/h3-10H,1-2H3/b16-12-. The Bertz CT molecular complexity index is 827. The minimum Gasteiger partial charge on any atom is -0.268 e. The number of nitrogens with zero attached hydrogens (tertiary/aromatic N) is 1. The number of hydrogen-bond donors (Lipinski definition) is 0. The summed E-state index contributed by atoms with van der Waals surface area (Å²) in [5.74, 6) is -0.258. The predicted molar refractivity (Wildman–Crippen MR) is 98.4 cm³/mol. The molecule has 1 heterocycles. The Kier molecular flexibility index (Phi) is 4.41. The molecule has 0 aliphatic carbocycles. The van der Waals surface area contributed by atoms with E-state index < -0.39 is 0 Å². The van der Waals surface area contributed by atoms with Crippen molar-refractivity contribution < 1.29 is 9.59 Å². The molecule has 116 valence electrons. The molecule has 0 unspecified atom stereocenters. The van der Waals surface area contributed by atoms with Crippen molar-refractivity contribution in [1.29, 1.82) is 0 Å². The van der Waals surface area contributed by atoms with Gasteiger partial charge >= 0.3 is 0 Å². The molecule has 0 bridgehead atoms. The number of rotatable bonds is 2. The second-order valence-electron chi connectivity index (χ2n) is 5.31. The van der Waals surface area contributed by atoms with Crippen LogP contribution in [-0.2, 0) is 4.79 Å². The van der Waals surface area contributed by atoms with Crippen molar-refractivity contribution in [2.75, 3.05) is 4.90 Å². The second kappa shape index (κ2) is 6.34. The summed E-state index contributed by atoms with van der Waals surface area (Å²) < 4.78 is 0.974. The molecule has 0 saturated carbocycles. The average Bonchev–Trinajstić information content (AvgIpc) is 2.82. The molecule has 0 aromatic heterocycles. The minimum absolute atomic E-state index is 0.257. The van der Waals surface area contributed by atoms with E-state index in [1.165, 1.54) is 4.90 Å². The first-order valence-corrected chi connectivity index (χ1v) is 8.68. The Balaban J connectivity index is 2.00. The zero-order valence-corrected chi connectivity index (χ0v) is 15.1. The van der Waals surface area contributed by atoms with E-state index in [9.17, 15) is 9.59 Å². The van der Waals surface area contributed by atoms with E-state index in [4.69, 9.17) is 0 Å². The number of thioether (sulfide) groups is 1. The summed E-state index contributed by atoms with van der Waals surface area (Å²) in [6.45, 7) is 3.81. The molecule has 0 atom stereocenters. The molecule has 5 heteroatoms. The molecule has 3 rings (SSSR count). The number of aryl methyl sites for hydroxylation is 1. The van der Waals surface area contributed by atoms with Crippen molar-refractivity contribution in [3.8, 4) is 0 Å². The van der Waals surface area contributed by atoms with Crippen molar-refractivity contribution in [2.45, 2.75) is 13.8 Å². The van der Waals surface area contributed by atoms with Gasteiger partial charge in [0.1, 0.15) is 0 Å². The van der Waals surface area contributed by atoms with Gasteiger partial charge in [0.25, 0.3) is 11.1 Å². The summed E-state index contributed by atoms with van der Waals surface area (Å²) in [7, 11) is 0. The van der Waals surface area contributed by atoms with E-state index in [-0.39, 0.29) is 11.1 Å². The quantitative estimate of drug-likeness (QED) is 0.648. The molecule has 0 radical (unpaired) electrons. The molecule has 2 aromatic carbocycles. The maximum atomic E-state index is 12.7. The lowest BCUT2D eigenvalue weighted by Crippen LogP contribution is -2.27. The second-order valence-corrected chi connectivity index (χ2v) is 7.19. The Morgan fingerprint density at radius 1 is 1.09 bits per heavy atom. The fraction of sp³-hybridized carbons (Fsp3) is 0.111. The first kappa shape index (κ1) is 16.0. The van der Waals surface area contributed by atoms with Crippen LogP contribution in [0, 0.1) is 6.92 Å². The highest BCUT2D eigenvalue weighted by molar-refractivity contribution is 9.10. The van der Waals surface area contributed by atoms with Gasteiger partial charge in [-0.15, -0.1) is 0 Å². The van der Waals surface area contributed by atoms with Crippen molar-refractivity contribution in [3.63, 3.8) is 0 Å². The molecule has 1 aliphatic heterocycles. The third-order valence-electron chi connectivity index (χ3n) is 3.65. The van der Waals surface area contributed by atoms with Crippen LogP contribution in [0.4, 0.5) is 10.5 Å². The highest BCUT2D eigenvalue weighted by atomic mass is 79.9. The molecule has 3 nitrogen and oxygen atoms in total. The minimum atomic E-state index is -0.258. The van der Waals surface area contributed by atoms with Crippen LogP contribution in [0.3, 0.4) is 0 Å². The van der Waals surface area contributed by atoms with Crippen molar-refractivity contribution in [3.05, 3.63) is 69.0 Å². The number of amides is 2. The third kappa shape index (κ3) is 3.12. The topological polar surface area (TPSA) is 37.4 Å². The van der Waals surface area contributed by atoms with Gasteiger partial charge in [0.05, 0.1) is 10.6 Å². The SMILES string of the molecule is C/C(=C1/SC(=O)N(c2cccc(C)c2)C1=O)c1ccc(Br)cc1. The Hall–Kier alpha value is -1.85. The molecule has 23 heavy (non-hydrogen) atoms. The maximum absolute atomic E-state index is 12.7. The van der Waals surface area contributed by atoms with Crippen LogP contribution < -0.4 is 4.90 Å². The van der Waals surface area contributed by atoms with E-state index in [0.29, 0.717) is 10.6 Å². The smallest absolute Gasteiger partial charge is 0.268 e. The number of halogens is 1. The summed E-state index contributed by atoms with van der Waals surface area (Å²) in [6, 6.07) is 15.1. The van der Waals surface area contributed by atoms with Gasteiger partial charge in [0.2, 0.25) is 0 Å². The fourth-order valence-corrected chi connectivity index (χ4v) is 3.59. The van der Waals surface area contributed by atoms with Gasteiger partial charge in [-0.1, -0.05) is 40.2 Å². The molecule has 2 aromatic rings. The number of anilines is 1. The summed E-state index contributed by atoms with van der Waals surface area (Å²) in [5, 5.41) is -0.257. The fourth-order valence-electron chi connectivity index (χ4n) is 2.42. The van der Waals surface area contributed by atoms with E-state index in [0.717, 1.165) is 32.9 Å². The number of carbonyl (C=O) groups is 2. The molecule has 2 amide bonds. The van der Waals surface area contributed by atoms with Crippen LogP contribution in [-0.4, -0.2) is 11.1 Å². The van der Waals surface area contributed by atoms with Gasteiger partial charge in [0.15, 0.2) is 0 Å². The first-order valence-electron chi connectivity index (χ1n) is 7.07. The van der Waals surface area contributed by atoms with E-state index in [1.54, 1.807) is 6.07 Å². The molecule has 0 N–H and O–H groups in total. The Morgan fingerprint density at radius 3 is 2.43 bits per heavy atom. The van der Waals surface area contributed by atoms with Crippen LogP contribution in [0.25, 0.3) is 5.57 Å². The van der Waals surface area contributed by atoms with Crippen LogP contribution in [0.15, 0.2) is 57.9 Å². The number of benzene rings is 2. The van der Waals surface area contributed by atoms with Gasteiger partial charge < -0.3 is 0 Å². The average molecular weight is 388 g/mol. The Morgan fingerprint density at radius 2 is 1.78 bits per heavy atom. The number of hydrogen-bond acceptors (Lipinski definition) is 3. The summed E-state index contributed by atoms with van der Waals surface area (Å²) in [4.78, 5) is 26.8. The van der Waals surface area contributed by atoms with Gasteiger partial charge in [-0.2, -0.15) is 0 Å². The number of allylic oxidation sites excluding steroid dienone is 1. The molecule has 1 aliphatic rings. The van der Waals surface area contributed by atoms with Crippen LogP contribution in [0.5, 0.6) is 0 Å². The number of carbonyl (C=O) groups excluding carboxylic acids is 2. The zero-order chi connectivity index (χ0) is 16.6. The highest BCUT2D eigenvalue weighted by Gasteiger charge is 2.37. The first-order chi connectivity index (χ1) is 11.0. The van der Waals surface area contributed by atoms with Gasteiger partial charge in [-0.05, 0) is 66.6 Å². The van der Waals surface area contributed by atoms with Crippen LogP contribution in [0.1, 0.15) is 18.1 Å². The van der Waals surface area contributed by atoms with Gasteiger partial charge in [-0.25, -0.2) is 4.90 Å². The lowest BCUT2D eigenvalue weighted by Gasteiger charge is -2.13. The van der Waals surface area contributed by atoms with E-state index >= 15 is 0 Å². The van der Waals surface area contributed by atoms with E-state index in [1.807, 2.05) is 56.3 Å². The van der Waals surface area contributed by atoms with Crippen molar-refractivity contribution in [2.24, 2.45) is 0 Å². The Labute approximate surface area is 147 Å². The summed E-state index contributed by atoms with van der Waals surface area (Å²) >= 11 is 4.39. The maximum Gasteiger partial charge on any atom is 0.298 e. The molecular formula is C18H14BrNO2S. The molecular weight excluding hydrogens is 374 g/mol. The van der Waals surface area contributed by atoms with Gasteiger partial charge in [0, 0.05) is 4.47 Å². The van der Waals surface area contributed by atoms with Crippen LogP contribution >= 0.6 is 27.7 Å². The molecule has 1 fully saturated rings. The van der Waals surface area contributed by atoms with Crippen molar-refractivity contribution >= 4 is 50.1 Å². The zero-order valence-electron chi connectivity index (χ0n) is 12.7. The largest absolute Gasteiger partial charge is 0.298 e. The lowest BCUT2D eigenvalue weighted by atomic mass is 10.1. The third-order valence-corrected chi connectivity index (χ3v) is 5.22. The van der Waals surface area contributed by atoms with E-state index in [2.05, 4.69) is 15.9 Å². The summed E-state index contributed by atoms with van der Waals surface area (Å²) in [6.07, 6.45) is 0. The normalized spacial score (nSPS) is 16.9. The van der Waals surface area contributed by atoms with Crippen LogP contribution in [0.2, 0.25) is 0 Å². The lowest BCUT2D eigenvalue weighted by molar-refractivity contribution is -0.113. The highest BCUT2D eigenvalue weighted by Crippen LogP contribution is 2.39. The van der Waals surface area contributed by atoms with Gasteiger partial charge in [-0.3, -0.25) is 9.59 Å². The summed E-state index contributed by atoms with van der Waals surface area (Å²) in [5.41, 5.74) is 3.38. The molecule has 0 spiro atoms. The number of imide groups is 1. The predicted octanol–water partition coefficient (Wildman–Crippen LogP) is 5.39. The molecule has 1 saturated heterocycles.